The highest BCUT2D eigenvalue weighted by molar-refractivity contribution is 5.99. The van der Waals surface area contributed by atoms with E-state index < -0.39 is 0 Å². The molecule has 1 atom stereocenters. The minimum absolute atomic E-state index is 0.0941. The van der Waals surface area contributed by atoms with E-state index >= 15 is 0 Å². The Morgan fingerprint density at radius 3 is 2.36 bits per heavy atom. The fraction of sp³-hybridized carbons (Fsp3) is 0.480. The zero-order valence-electron chi connectivity index (χ0n) is 19.5. The van der Waals surface area contributed by atoms with E-state index in [0.717, 1.165) is 24.8 Å². The fourth-order valence-electron chi connectivity index (χ4n) is 4.22. The van der Waals surface area contributed by atoms with Crippen LogP contribution in [-0.4, -0.2) is 64.5 Å². The number of benzene rings is 2. The standard InChI is InChI=1S/C25H32N2O6/c1-29-22-19(25(28)27-12-13-32-21(15-27)17-6-7-17)14-20(23(30-2)24(22)31-3)33-18-8-4-16(5-9-18)10-11-26/h4-5,8-9,14,17,21H,6-7,10-13,15,26H2,1-3H3. The number of morpholine rings is 1. The summed E-state index contributed by atoms with van der Waals surface area (Å²) in [7, 11) is 4.55. The van der Waals surface area contributed by atoms with Gasteiger partial charge in [-0.3, -0.25) is 4.79 Å². The van der Waals surface area contributed by atoms with Gasteiger partial charge in [-0.25, -0.2) is 0 Å². The van der Waals surface area contributed by atoms with E-state index in [-0.39, 0.29) is 12.0 Å². The molecular weight excluding hydrogens is 424 g/mol. The lowest BCUT2D eigenvalue weighted by Gasteiger charge is -2.33. The molecule has 1 amide bonds. The Morgan fingerprint density at radius 2 is 1.76 bits per heavy atom. The average molecular weight is 457 g/mol. The van der Waals surface area contributed by atoms with E-state index in [2.05, 4.69) is 0 Å². The van der Waals surface area contributed by atoms with E-state index in [1.165, 1.54) is 21.3 Å². The molecule has 0 bridgehead atoms. The topological polar surface area (TPSA) is 92.5 Å². The molecule has 2 fully saturated rings. The number of carbonyl (C=O) groups is 1. The molecule has 2 aromatic rings. The molecule has 2 N–H and O–H groups in total. The van der Waals surface area contributed by atoms with Crippen LogP contribution in [0.25, 0.3) is 0 Å². The molecule has 0 spiro atoms. The lowest BCUT2D eigenvalue weighted by atomic mass is 10.1. The minimum atomic E-state index is -0.148. The zero-order valence-corrected chi connectivity index (χ0v) is 19.5. The Labute approximate surface area is 194 Å². The second-order valence-corrected chi connectivity index (χ2v) is 8.30. The van der Waals surface area contributed by atoms with Crippen LogP contribution in [0.4, 0.5) is 0 Å². The number of nitrogens with zero attached hydrogens (tertiary/aromatic N) is 1. The molecule has 1 heterocycles. The predicted molar refractivity (Wildman–Crippen MR) is 124 cm³/mol. The maximum atomic E-state index is 13.6. The first-order valence-corrected chi connectivity index (χ1v) is 11.3. The quantitative estimate of drug-likeness (QED) is 0.619. The van der Waals surface area contributed by atoms with Gasteiger partial charge >= 0.3 is 0 Å². The summed E-state index contributed by atoms with van der Waals surface area (Å²) in [6, 6.07) is 9.33. The van der Waals surface area contributed by atoms with Crippen LogP contribution >= 0.6 is 0 Å². The first-order chi connectivity index (χ1) is 16.1. The van der Waals surface area contributed by atoms with Crippen LogP contribution < -0.4 is 24.7 Å². The molecule has 1 unspecified atom stereocenters. The third kappa shape index (κ3) is 5.02. The SMILES string of the molecule is COc1c(Oc2ccc(CCN)cc2)cc(C(=O)N2CCOC(C3CC3)C2)c(OC)c1OC. The Balaban J connectivity index is 1.67. The average Bonchev–Trinajstić information content (AvgIpc) is 3.70. The maximum absolute atomic E-state index is 13.6. The summed E-state index contributed by atoms with van der Waals surface area (Å²) in [5.41, 5.74) is 7.12. The Morgan fingerprint density at radius 1 is 1.06 bits per heavy atom. The van der Waals surface area contributed by atoms with Crippen molar-refractivity contribution in [2.75, 3.05) is 47.6 Å². The molecule has 1 aliphatic carbocycles. The van der Waals surface area contributed by atoms with E-state index in [9.17, 15) is 4.79 Å². The van der Waals surface area contributed by atoms with Crippen LogP contribution in [-0.2, 0) is 11.2 Å². The van der Waals surface area contributed by atoms with Gasteiger partial charge in [0.15, 0.2) is 11.5 Å². The van der Waals surface area contributed by atoms with E-state index in [4.69, 9.17) is 29.4 Å². The number of carbonyl (C=O) groups excluding carboxylic acids is 1. The molecule has 8 nitrogen and oxygen atoms in total. The normalized spacial score (nSPS) is 18.1. The van der Waals surface area contributed by atoms with Crippen molar-refractivity contribution in [1.29, 1.82) is 0 Å². The molecule has 0 radical (unpaired) electrons. The largest absolute Gasteiger partial charge is 0.492 e. The molecule has 2 aliphatic rings. The third-order valence-electron chi connectivity index (χ3n) is 6.11. The summed E-state index contributed by atoms with van der Waals surface area (Å²) in [5.74, 6) is 2.37. The zero-order chi connectivity index (χ0) is 23.4. The molecule has 1 saturated heterocycles. The molecule has 178 valence electrons. The van der Waals surface area contributed by atoms with Crippen molar-refractivity contribution in [3.8, 4) is 28.7 Å². The van der Waals surface area contributed by atoms with Crippen molar-refractivity contribution in [2.24, 2.45) is 11.7 Å². The van der Waals surface area contributed by atoms with Crippen molar-refractivity contribution in [1.82, 2.24) is 4.90 Å². The summed E-state index contributed by atoms with van der Waals surface area (Å²) < 4.78 is 28.8. The number of nitrogens with two attached hydrogens (primary N) is 1. The van der Waals surface area contributed by atoms with Gasteiger partial charge in [-0.1, -0.05) is 12.1 Å². The number of ether oxygens (including phenoxy) is 5. The van der Waals surface area contributed by atoms with Gasteiger partial charge in [0.05, 0.1) is 39.6 Å². The lowest BCUT2D eigenvalue weighted by molar-refractivity contribution is -0.0314. The highest BCUT2D eigenvalue weighted by Crippen LogP contribution is 2.48. The van der Waals surface area contributed by atoms with Crippen molar-refractivity contribution in [3.05, 3.63) is 41.5 Å². The van der Waals surface area contributed by atoms with Gasteiger partial charge in [-0.2, -0.15) is 0 Å². The number of hydrogen-bond acceptors (Lipinski definition) is 7. The van der Waals surface area contributed by atoms with Crippen LogP contribution in [0.1, 0.15) is 28.8 Å². The maximum Gasteiger partial charge on any atom is 0.258 e. The molecule has 1 aliphatic heterocycles. The number of amides is 1. The molecule has 33 heavy (non-hydrogen) atoms. The molecule has 4 rings (SSSR count). The van der Waals surface area contributed by atoms with E-state index in [0.29, 0.717) is 66.5 Å². The summed E-state index contributed by atoms with van der Waals surface area (Å²) in [6.07, 6.45) is 3.21. The minimum Gasteiger partial charge on any atom is -0.492 e. The second-order valence-electron chi connectivity index (χ2n) is 8.30. The van der Waals surface area contributed by atoms with Gasteiger partial charge in [-0.15, -0.1) is 0 Å². The van der Waals surface area contributed by atoms with Gasteiger partial charge in [0, 0.05) is 19.2 Å². The van der Waals surface area contributed by atoms with Gasteiger partial charge in [0.1, 0.15) is 5.75 Å². The molecule has 0 aromatic heterocycles. The van der Waals surface area contributed by atoms with Gasteiger partial charge in [0.25, 0.3) is 5.91 Å². The predicted octanol–water partition coefficient (Wildman–Crippen LogP) is 3.26. The van der Waals surface area contributed by atoms with Crippen LogP contribution in [0.2, 0.25) is 0 Å². The fourth-order valence-corrected chi connectivity index (χ4v) is 4.22. The summed E-state index contributed by atoms with van der Waals surface area (Å²) in [5, 5.41) is 0. The van der Waals surface area contributed by atoms with Crippen molar-refractivity contribution in [3.63, 3.8) is 0 Å². The molecular formula is C25H32N2O6. The highest BCUT2D eigenvalue weighted by atomic mass is 16.5. The number of rotatable bonds is 9. The first kappa shape index (κ1) is 23.2. The smallest absolute Gasteiger partial charge is 0.258 e. The van der Waals surface area contributed by atoms with Crippen molar-refractivity contribution in [2.45, 2.75) is 25.4 Å². The molecule has 1 saturated carbocycles. The van der Waals surface area contributed by atoms with Gasteiger partial charge < -0.3 is 34.3 Å². The molecule has 2 aromatic carbocycles. The monoisotopic (exact) mass is 456 g/mol. The Bertz CT molecular complexity index is 974. The van der Waals surface area contributed by atoms with Crippen LogP contribution in [0.15, 0.2) is 30.3 Å². The van der Waals surface area contributed by atoms with E-state index in [1.54, 1.807) is 6.07 Å². The van der Waals surface area contributed by atoms with Crippen LogP contribution in [0.5, 0.6) is 28.7 Å². The summed E-state index contributed by atoms with van der Waals surface area (Å²) >= 11 is 0. The van der Waals surface area contributed by atoms with Gasteiger partial charge in [-0.05, 0) is 49.4 Å². The molecule has 8 heteroatoms. The number of hydrogen-bond donors (Lipinski definition) is 1. The van der Waals surface area contributed by atoms with Gasteiger partial charge in [0.2, 0.25) is 11.5 Å². The van der Waals surface area contributed by atoms with Crippen molar-refractivity contribution < 1.29 is 28.5 Å². The summed E-state index contributed by atoms with van der Waals surface area (Å²) in [6.45, 7) is 2.21. The second kappa shape index (κ2) is 10.3. The van der Waals surface area contributed by atoms with Crippen molar-refractivity contribution >= 4 is 5.91 Å². The number of methoxy groups -OCH3 is 3. The Hall–Kier alpha value is -2.97. The highest BCUT2D eigenvalue weighted by Gasteiger charge is 2.38. The lowest BCUT2D eigenvalue weighted by Crippen LogP contribution is -2.46. The van der Waals surface area contributed by atoms with Crippen LogP contribution in [0.3, 0.4) is 0 Å². The Kier molecular flexibility index (Phi) is 7.25. The summed E-state index contributed by atoms with van der Waals surface area (Å²) in [4.78, 5) is 15.4. The van der Waals surface area contributed by atoms with Crippen LogP contribution in [0, 0.1) is 5.92 Å². The first-order valence-electron chi connectivity index (χ1n) is 11.3. The third-order valence-corrected chi connectivity index (χ3v) is 6.11. The van der Waals surface area contributed by atoms with E-state index in [1.807, 2.05) is 29.2 Å².